The molecule has 1 heterocycles. The molecule has 0 radical (unpaired) electrons. The first-order valence-electron chi connectivity index (χ1n) is 52.8. The number of rotatable bonds is 108. The van der Waals surface area contributed by atoms with Crippen LogP contribution in [0.4, 0.5) is 0 Å². The summed E-state index contributed by atoms with van der Waals surface area (Å²) in [4.78, 5) is 193. The lowest BCUT2D eigenvalue weighted by Gasteiger charge is -2.24. The van der Waals surface area contributed by atoms with Gasteiger partial charge >= 0.3 is 29.8 Å². The van der Waals surface area contributed by atoms with Crippen molar-refractivity contribution in [1.29, 1.82) is 0 Å². The van der Waals surface area contributed by atoms with E-state index in [-0.39, 0.29) is 280 Å². The van der Waals surface area contributed by atoms with Crippen molar-refractivity contribution in [2.75, 3.05) is 132 Å². The van der Waals surface area contributed by atoms with E-state index in [1.54, 1.807) is 20.0 Å². The highest BCUT2D eigenvalue weighted by molar-refractivity contribution is 5.93. The van der Waals surface area contributed by atoms with Crippen LogP contribution in [0.5, 0.6) is 0 Å². The Kier molecular flexibility index (Phi) is 83.2. The highest BCUT2D eigenvalue weighted by Gasteiger charge is 2.34. The summed E-state index contributed by atoms with van der Waals surface area (Å²) >= 11 is 0. The van der Waals surface area contributed by atoms with Gasteiger partial charge in [0.15, 0.2) is 23.1 Å². The number of carboxylic acids is 5. The number of imidazole rings is 1. The third-order valence-electron chi connectivity index (χ3n) is 24.8. The molecule has 3 amide bonds. The minimum Gasteiger partial charge on any atom is -0.481 e. The van der Waals surface area contributed by atoms with E-state index in [2.05, 4.69) is 37.8 Å². The highest BCUT2D eigenvalue weighted by atomic mass is 16.5. The van der Waals surface area contributed by atoms with Gasteiger partial charge in [-0.2, -0.15) is 0 Å². The Labute approximate surface area is 833 Å². The van der Waals surface area contributed by atoms with Crippen LogP contribution in [0.2, 0.25) is 0 Å². The minimum atomic E-state index is -1.10. The van der Waals surface area contributed by atoms with E-state index >= 15 is 0 Å². The molecule has 0 aliphatic rings. The summed E-state index contributed by atoms with van der Waals surface area (Å²) in [6.07, 6.45) is 43.7. The van der Waals surface area contributed by atoms with Crippen LogP contribution >= 0.6 is 0 Å². The Bertz CT molecular complexity index is 3510. The zero-order valence-electron chi connectivity index (χ0n) is 85.3. The molecule has 0 aliphatic carbocycles. The van der Waals surface area contributed by atoms with Crippen molar-refractivity contribution < 1.29 is 135 Å². The van der Waals surface area contributed by atoms with E-state index in [1.165, 1.54) is 122 Å². The van der Waals surface area contributed by atoms with Crippen molar-refractivity contribution in [2.24, 2.45) is 34.8 Å². The number of amides is 3. The number of nitrogens with one attached hydrogen (secondary N) is 5. The molecular weight excluding hydrogens is 1810 g/mol. The van der Waals surface area contributed by atoms with E-state index in [0.29, 0.717) is 82.3 Å². The van der Waals surface area contributed by atoms with Gasteiger partial charge in [0.05, 0.1) is 103 Å². The van der Waals surface area contributed by atoms with Gasteiger partial charge in [-0.05, 0) is 83.5 Å². The summed E-state index contributed by atoms with van der Waals surface area (Å²) in [5.41, 5.74) is 6.39. The summed E-state index contributed by atoms with van der Waals surface area (Å²) < 4.78 is 44.5. The van der Waals surface area contributed by atoms with Gasteiger partial charge in [-0.1, -0.05) is 213 Å². The second-order valence-electron chi connectivity index (χ2n) is 38.0. The van der Waals surface area contributed by atoms with E-state index in [0.717, 1.165) is 89.9 Å². The van der Waals surface area contributed by atoms with Crippen molar-refractivity contribution in [3.63, 3.8) is 0 Å². The predicted octanol–water partition coefficient (Wildman–Crippen LogP) is 15.6. The molecule has 1 aromatic rings. The van der Waals surface area contributed by atoms with Crippen molar-refractivity contribution >= 4 is 88.1 Å². The molecule has 804 valence electrons. The number of nitrogens with zero attached hydrogens (tertiary/aromatic N) is 1. The first-order chi connectivity index (χ1) is 67.5. The highest BCUT2D eigenvalue weighted by Crippen LogP contribution is 2.29. The normalized spacial score (nSPS) is 12.6. The van der Waals surface area contributed by atoms with Crippen LogP contribution in [-0.4, -0.2) is 261 Å². The van der Waals surface area contributed by atoms with Crippen LogP contribution in [0.25, 0.3) is 0 Å². The molecule has 5 atom stereocenters. The number of H-pyrrole nitrogens is 1. The van der Waals surface area contributed by atoms with Crippen molar-refractivity contribution in [1.82, 2.24) is 31.2 Å². The average Bonchev–Trinajstić information content (AvgIpc) is 1.25. The van der Waals surface area contributed by atoms with E-state index < -0.39 is 65.0 Å². The number of carboxylic acid groups (broad SMARTS) is 5. The number of hydrogen-bond donors (Lipinski definition) is 11. The third-order valence-corrected chi connectivity index (χ3v) is 24.8. The zero-order chi connectivity index (χ0) is 103. The average molecular weight is 1990 g/mol. The lowest BCUT2D eigenvalue weighted by atomic mass is 9.78. The van der Waals surface area contributed by atoms with Crippen LogP contribution in [0.3, 0.4) is 0 Å². The maximum atomic E-state index is 13.7. The monoisotopic (exact) mass is 1990 g/mol. The first kappa shape index (κ1) is 130. The first-order valence-corrected chi connectivity index (χ1v) is 52.8. The fourth-order valence-electron chi connectivity index (χ4n) is 16.2. The lowest BCUT2D eigenvalue weighted by molar-refractivity contribution is -0.144. The number of aliphatic carboxylic acids is 5. The second kappa shape index (κ2) is 89.7. The van der Waals surface area contributed by atoms with E-state index in [9.17, 15) is 87.2 Å². The fourth-order valence-corrected chi connectivity index (χ4v) is 16.2. The lowest BCUT2D eigenvalue weighted by Crippen LogP contribution is -2.38. The third kappa shape index (κ3) is 81.3. The van der Waals surface area contributed by atoms with Gasteiger partial charge in [-0.25, -0.2) is 4.98 Å². The maximum Gasteiger partial charge on any atom is 0.306 e. The van der Waals surface area contributed by atoms with Crippen LogP contribution in [0.1, 0.15) is 379 Å². The van der Waals surface area contributed by atoms with Gasteiger partial charge in [0.25, 0.3) is 0 Å². The molecule has 0 bridgehead atoms. The summed E-state index contributed by atoms with van der Waals surface area (Å²) in [7, 11) is 0. The van der Waals surface area contributed by atoms with Crippen LogP contribution in [-0.2, 0) is 116 Å². The molecule has 0 aromatic carbocycles. The smallest absolute Gasteiger partial charge is 0.306 e. The number of aromatic amines is 1. The molecule has 35 heteroatoms. The van der Waals surface area contributed by atoms with Gasteiger partial charge in [-0.3, -0.25) is 71.9 Å². The zero-order valence-corrected chi connectivity index (χ0v) is 85.3. The van der Waals surface area contributed by atoms with Crippen molar-refractivity contribution in [2.45, 2.75) is 386 Å². The molecule has 1 rings (SSSR count). The summed E-state index contributed by atoms with van der Waals surface area (Å²) in [6.45, 7) is 10.6. The molecule has 35 nitrogen and oxygen atoms in total. The molecule has 0 saturated carbocycles. The molecular formula is C105H181N7O28. The van der Waals surface area contributed by atoms with Gasteiger partial charge in [0.2, 0.25) is 17.7 Å². The van der Waals surface area contributed by atoms with Crippen LogP contribution in [0.15, 0.2) is 24.8 Å². The minimum absolute atomic E-state index is 0.0286. The largest absolute Gasteiger partial charge is 0.481 e. The van der Waals surface area contributed by atoms with Gasteiger partial charge < -0.3 is 95.4 Å². The maximum absolute atomic E-state index is 13.7. The molecule has 0 unspecified atom stereocenters. The summed E-state index contributed by atoms with van der Waals surface area (Å²) in [6, 6.07) is -0.839. The Hall–Kier alpha value is -8.16. The van der Waals surface area contributed by atoms with E-state index in [4.69, 9.17) is 53.8 Å². The standard InChI is InChI=1S/C105H181N7O28/c1-83(78-137-68-64-133-60-40-46-91(115)79-138-70-66-135-62-58-109-97(120)54-51-86(103(129)130)73-89(113)44-32-28-24-20-16-12-8-4-6-10-14-18-22-26-30-34-48-99(122)123)108-56-38-37-43-85(101(126)111-57-39-36-42-84(102(127)128)50-53-96(119)105(2,3)76-95(118)94(106)75-88-77-107-82-112-88)72-93(117)81-140-69-65-134-61-41-47-92(116)80-139-71-67-136-63-59-110-98(121)55-52-87(104(131)132)74-90(114)45-33-29-25-21-17-13-9-5-7-11-15-19-23-27-31-35-49-100(124)125/h77,82,84-87,94,108H,1,4-76,78-81,106H2,2-3H3,(H,107,112)(H,109,120)(H,110,121)(H,111,126)(H,122,123)(H,124,125)(H,127,128)(H,129,130)(H,131,132)/t84-,85-,86-,87-,94+/m1/s1. The number of ketones is 7. The quantitative estimate of drug-likeness (QED) is 0.0270. The number of carbonyl (C=O) groups excluding carboxylic acids is 10. The predicted molar refractivity (Wildman–Crippen MR) is 533 cm³/mol. The Morgan fingerprint density at radius 3 is 1.04 bits per heavy atom. The molecule has 0 spiro atoms. The number of Topliss-reactive ketones (excluding diaryl/α,β-unsaturated/α-hetero) is 7. The molecule has 140 heavy (non-hydrogen) atoms. The number of carbonyl (C=O) groups is 15. The Morgan fingerprint density at radius 1 is 0.336 bits per heavy atom. The Balaban J connectivity index is 2.38. The number of nitrogens with two attached hydrogens (primary N) is 1. The number of hydrogen-bond acceptors (Lipinski definition) is 26. The molecule has 0 aliphatic heterocycles. The van der Waals surface area contributed by atoms with Crippen LogP contribution < -0.4 is 27.0 Å². The van der Waals surface area contributed by atoms with Crippen molar-refractivity contribution in [3.8, 4) is 0 Å². The van der Waals surface area contributed by atoms with E-state index in [1.807, 2.05) is 0 Å². The molecule has 0 fully saturated rings. The van der Waals surface area contributed by atoms with Gasteiger partial charge in [0, 0.05) is 158 Å². The summed E-state index contributed by atoms with van der Waals surface area (Å²) in [5, 5.41) is 58.6. The Morgan fingerprint density at radius 2 is 0.664 bits per heavy atom. The topological polar surface area (TPSA) is 534 Å². The molecule has 1 aromatic heterocycles. The fraction of sp³-hybridized carbons (Fsp3) is 0.810. The number of aromatic nitrogens is 2. The second-order valence-corrected chi connectivity index (χ2v) is 38.0. The summed E-state index contributed by atoms with van der Waals surface area (Å²) in [5.74, 6) is -10.3. The SMILES string of the molecule is C=C(COCCOCCCC(=O)COCCOCCNC(=O)CC[C@H](CC(=O)CCCCCCCCCCCCCCCCCCC(=O)O)C(=O)O)NCCCC[C@H](CC(=O)COCCOCCCC(=O)COCCOCCNC(=O)CC[C@H](CC(=O)CCCCCCCCCCCCCCCCCCC(=O)O)C(=O)O)C(=O)NCCCC[C@H](CCC(=O)C(C)(C)CC(=O)[C@@H](N)Cc1cnc[nH]1)C(=O)O. The van der Waals surface area contributed by atoms with Crippen molar-refractivity contribution in [3.05, 3.63) is 30.5 Å². The van der Waals surface area contributed by atoms with Gasteiger partial charge in [0.1, 0.15) is 37.2 Å². The van der Waals surface area contributed by atoms with Gasteiger partial charge in [-0.15, -0.1) is 0 Å². The number of unbranched alkanes of at least 4 members (excludes halogenated alkanes) is 32. The molecule has 12 N–H and O–H groups in total. The molecule has 0 saturated heterocycles. The van der Waals surface area contributed by atoms with Crippen LogP contribution in [0, 0.1) is 29.1 Å². The number of ether oxygens (including phenoxy) is 8.